The van der Waals surface area contributed by atoms with Gasteiger partial charge in [0.2, 0.25) is 21.8 Å². The number of halogens is 2. The van der Waals surface area contributed by atoms with Crippen molar-refractivity contribution in [2.75, 3.05) is 31.3 Å². The van der Waals surface area contributed by atoms with E-state index in [1.807, 2.05) is 0 Å². The Labute approximate surface area is 204 Å². The van der Waals surface area contributed by atoms with Gasteiger partial charge in [-0.1, -0.05) is 48.3 Å². The van der Waals surface area contributed by atoms with E-state index in [1.54, 1.807) is 37.3 Å². The number of methoxy groups -OCH3 is 1. The van der Waals surface area contributed by atoms with Gasteiger partial charge in [-0.2, -0.15) is 0 Å². The Hall–Kier alpha value is -2.49. The smallest absolute Gasteiger partial charge is 0.244 e. The summed E-state index contributed by atoms with van der Waals surface area (Å²) in [5, 5.41) is 2.73. The van der Waals surface area contributed by atoms with Gasteiger partial charge in [0.25, 0.3) is 0 Å². The van der Waals surface area contributed by atoms with E-state index in [9.17, 15) is 18.0 Å². The van der Waals surface area contributed by atoms with Gasteiger partial charge in [-0.3, -0.25) is 13.9 Å². The molecular weight excluding hydrogens is 489 g/mol. The molecule has 0 fully saturated rings. The maximum absolute atomic E-state index is 13.5. The van der Waals surface area contributed by atoms with Crippen LogP contribution >= 0.6 is 23.2 Å². The number of benzene rings is 2. The van der Waals surface area contributed by atoms with Gasteiger partial charge in [0.05, 0.1) is 29.1 Å². The first-order chi connectivity index (χ1) is 15.5. The second kappa shape index (κ2) is 11.6. The minimum absolute atomic E-state index is 0.00933. The minimum Gasteiger partial charge on any atom is -0.497 e. The molecule has 1 atom stereocenters. The first kappa shape index (κ1) is 26.8. The number of anilines is 1. The Morgan fingerprint density at radius 1 is 1.15 bits per heavy atom. The lowest BCUT2D eigenvalue weighted by molar-refractivity contribution is -0.140. The zero-order valence-corrected chi connectivity index (χ0v) is 21.2. The van der Waals surface area contributed by atoms with E-state index >= 15 is 0 Å². The second-order valence-corrected chi connectivity index (χ2v) is 9.95. The topological polar surface area (TPSA) is 96.0 Å². The standard InChI is InChI=1S/C22H27Cl2N3O5S/c1-5-18(22(29)25-2)26(13-15-8-6-9-16(12-15)32-3)20(28)14-27(33(4,30)31)19-11-7-10-17(23)21(19)24/h6-12,18H,5,13-14H2,1-4H3,(H,25,29). The highest BCUT2D eigenvalue weighted by Gasteiger charge is 2.32. The summed E-state index contributed by atoms with van der Waals surface area (Å²) in [6, 6.07) is 10.8. The van der Waals surface area contributed by atoms with Crippen LogP contribution in [0.1, 0.15) is 18.9 Å². The molecule has 0 aromatic heterocycles. The number of likely N-dealkylation sites (N-methyl/N-ethyl adjacent to an activating group) is 1. The molecule has 0 spiro atoms. The number of carbonyl (C=O) groups excluding carboxylic acids is 2. The first-order valence-electron chi connectivity index (χ1n) is 10.1. The van der Waals surface area contributed by atoms with Gasteiger partial charge >= 0.3 is 0 Å². The highest BCUT2D eigenvalue weighted by Crippen LogP contribution is 2.33. The van der Waals surface area contributed by atoms with Crippen LogP contribution < -0.4 is 14.4 Å². The Morgan fingerprint density at radius 2 is 1.82 bits per heavy atom. The Kier molecular flexibility index (Phi) is 9.39. The first-order valence-corrected chi connectivity index (χ1v) is 12.7. The summed E-state index contributed by atoms with van der Waals surface area (Å²) in [7, 11) is -0.898. The molecule has 0 saturated heterocycles. The SMILES string of the molecule is CCC(C(=O)NC)N(Cc1cccc(OC)c1)C(=O)CN(c1cccc(Cl)c1Cl)S(C)(=O)=O. The molecule has 2 aromatic rings. The van der Waals surface area contributed by atoms with Crippen molar-refractivity contribution in [2.24, 2.45) is 0 Å². The summed E-state index contributed by atoms with van der Waals surface area (Å²) in [5.41, 5.74) is 0.797. The summed E-state index contributed by atoms with van der Waals surface area (Å²) in [5.74, 6) is -0.341. The summed E-state index contributed by atoms with van der Waals surface area (Å²) in [6.07, 6.45) is 1.30. The Bertz CT molecular complexity index is 1110. The van der Waals surface area contributed by atoms with Crippen LogP contribution in [0.15, 0.2) is 42.5 Å². The normalized spacial score (nSPS) is 12.1. The second-order valence-electron chi connectivity index (χ2n) is 7.25. The molecule has 33 heavy (non-hydrogen) atoms. The van der Waals surface area contributed by atoms with Crippen molar-refractivity contribution < 1.29 is 22.7 Å². The molecule has 8 nitrogen and oxygen atoms in total. The number of ether oxygens (including phenoxy) is 1. The number of nitrogens with zero attached hydrogens (tertiary/aromatic N) is 2. The van der Waals surface area contributed by atoms with E-state index in [0.717, 1.165) is 16.1 Å². The predicted octanol–water partition coefficient (Wildman–Crippen LogP) is 3.32. The molecule has 1 N–H and O–H groups in total. The molecule has 1 unspecified atom stereocenters. The van der Waals surface area contributed by atoms with Gasteiger partial charge in [0.1, 0.15) is 18.3 Å². The fourth-order valence-corrected chi connectivity index (χ4v) is 4.64. The number of hydrogen-bond acceptors (Lipinski definition) is 5. The van der Waals surface area contributed by atoms with Crippen LogP contribution in [0.25, 0.3) is 0 Å². The highest BCUT2D eigenvalue weighted by molar-refractivity contribution is 7.92. The van der Waals surface area contributed by atoms with Gasteiger partial charge in [-0.15, -0.1) is 0 Å². The lowest BCUT2D eigenvalue weighted by atomic mass is 10.1. The largest absolute Gasteiger partial charge is 0.497 e. The average Bonchev–Trinajstić information content (AvgIpc) is 2.78. The van der Waals surface area contributed by atoms with Crippen LogP contribution in [0.2, 0.25) is 10.0 Å². The molecule has 0 aliphatic carbocycles. The number of hydrogen-bond donors (Lipinski definition) is 1. The molecule has 0 aliphatic heterocycles. The van der Waals surface area contributed by atoms with Crippen LogP contribution in [0.3, 0.4) is 0 Å². The summed E-state index contributed by atoms with van der Waals surface area (Å²) in [6.45, 7) is 1.28. The molecule has 2 amide bonds. The van der Waals surface area contributed by atoms with Gasteiger partial charge in [0, 0.05) is 13.6 Å². The van der Waals surface area contributed by atoms with Gasteiger partial charge in [-0.25, -0.2) is 8.42 Å². The zero-order valence-electron chi connectivity index (χ0n) is 18.8. The maximum atomic E-state index is 13.5. The van der Waals surface area contributed by atoms with Crippen molar-refractivity contribution in [3.05, 3.63) is 58.1 Å². The number of amides is 2. The van der Waals surface area contributed by atoms with Crippen LogP contribution in [0.4, 0.5) is 5.69 Å². The van der Waals surface area contributed by atoms with E-state index < -0.39 is 28.5 Å². The lowest BCUT2D eigenvalue weighted by Crippen LogP contribution is -2.51. The molecule has 0 radical (unpaired) electrons. The fourth-order valence-electron chi connectivity index (χ4n) is 3.33. The van der Waals surface area contributed by atoms with Crippen molar-refractivity contribution >= 4 is 50.7 Å². The third-order valence-electron chi connectivity index (χ3n) is 5.00. The maximum Gasteiger partial charge on any atom is 0.244 e. The molecule has 11 heteroatoms. The molecule has 2 rings (SSSR count). The van der Waals surface area contributed by atoms with E-state index in [2.05, 4.69) is 5.32 Å². The Morgan fingerprint density at radius 3 is 2.39 bits per heavy atom. The molecule has 2 aromatic carbocycles. The predicted molar refractivity (Wildman–Crippen MR) is 130 cm³/mol. The van der Waals surface area contributed by atoms with E-state index in [0.29, 0.717) is 12.2 Å². The third kappa shape index (κ3) is 6.75. The van der Waals surface area contributed by atoms with Crippen LogP contribution in [-0.4, -0.2) is 58.1 Å². The van der Waals surface area contributed by atoms with Gasteiger partial charge in [0.15, 0.2) is 0 Å². The molecule has 0 aliphatic rings. The third-order valence-corrected chi connectivity index (χ3v) is 6.93. The van der Waals surface area contributed by atoms with Crippen molar-refractivity contribution in [2.45, 2.75) is 25.9 Å². The summed E-state index contributed by atoms with van der Waals surface area (Å²) < 4.78 is 31.3. The molecular formula is C22H27Cl2N3O5S. The van der Waals surface area contributed by atoms with Crippen molar-refractivity contribution in [3.8, 4) is 5.75 Å². The van der Waals surface area contributed by atoms with Crippen LogP contribution in [0, 0.1) is 0 Å². The number of nitrogens with one attached hydrogen (secondary N) is 1. The number of sulfonamides is 1. The van der Waals surface area contributed by atoms with Crippen molar-refractivity contribution in [3.63, 3.8) is 0 Å². The molecule has 0 saturated carbocycles. The molecule has 180 valence electrons. The minimum atomic E-state index is -3.91. The van der Waals surface area contributed by atoms with E-state index in [-0.39, 0.29) is 28.2 Å². The zero-order chi connectivity index (χ0) is 24.8. The van der Waals surface area contributed by atoms with Gasteiger partial charge in [-0.05, 0) is 36.2 Å². The van der Waals surface area contributed by atoms with E-state index in [4.69, 9.17) is 27.9 Å². The van der Waals surface area contributed by atoms with Crippen molar-refractivity contribution in [1.82, 2.24) is 10.2 Å². The molecule has 0 bridgehead atoms. The Balaban J connectivity index is 2.48. The fraction of sp³-hybridized carbons (Fsp3) is 0.364. The van der Waals surface area contributed by atoms with E-state index in [1.165, 1.54) is 31.2 Å². The summed E-state index contributed by atoms with van der Waals surface area (Å²) in [4.78, 5) is 27.4. The molecule has 0 heterocycles. The monoisotopic (exact) mass is 515 g/mol. The summed E-state index contributed by atoms with van der Waals surface area (Å²) >= 11 is 12.3. The highest BCUT2D eigenvalue weighted by atomic mass is 35.5. The van der Waals surface area contributed by atoms with Crippen molar-refractivity contribution in [1.29, 1.82) is 0 Å². The average molecular weight is 516 g/mol. The van der Waals surface area contributed by atoms with Crippen LogP contribution in [0.5, 0.6) is 5.75 Å². The lowest BCUT2D eigenvalue weighted by Gasteiger charge is -2.32. The van der Waals surface area contributed by atoms with Crippen LogP contribution in [-0.2, 0) is 26.2 Å². The number of carbonyl (C=O) groups is 2. The quantitative estimate of drug-likeness (QED) is 0.523. The van der Waals surface area contributed by atoms with Gasteiger partial charge < -0.3 is 15.0 Å². The number of rotatable bonds is 10.